The van der Waals surface area contributed by atoms with Gasteiger partial charge < -0.3 is 5.73 Å². The van der Waals surface area contributed by atoms with E-state index in [0.29, 0.717) is 6.54 Å². The number of halogens is 1. The highest BCUT2D eigenvalue weighted by molar-refractivity contribution is 6.31. The Labute approximate surface area is 99.0 Å². The molecule has 2 rings (SSSR count). The molecule has 2 N–H and O–H groups in total. The summed E-state index contributed by atoms with van der Waals surface area (Å²) in [6.45, 7) is 2.54. The Balaban J connectivity index is 2.31. The van der Waals surface area contributed by atoms with Gasteiger partial charge in [-0.3, -0.25) is 0 Å². The van der Waals surface area contributed by atoms with E-state index in [1.165, 1.54) is 0 Å². The van der Waals surface area contributed by atoms with Crippen molar-refractivity contribution in [3.63, 3.8) is 0 Å². The Morgan fingerprint density at radius 3 is 2.94 bits per heavy atom. The first-order valence-corrected chi connectivity index (χ1v) is 5.46. The van der Waals surface area contributed by atoms with E-state index < -0.39 is 0 Å². The van der Waals surface area contributed by atoms with Crippen LogP contribution < -0.4 is 5.73 Å². The summed E-state index contributed by atoms with van der Waals surface area (Å²) in [7, 11) is 0. The summed E-state index contributed by atoms with van der Waals surface area (Å²) >= 11 is 6.05. The fraction of sp³-hybridized carbons (Fsp3) is 0.273. The quantitative estimate of drug-likeness (QED) is 0.883. The Hall–Kier alpha value is -1.39. The van der Waals surface area contributed by atoms with Gasteiger partial charge in [0.2, 0.25) is 0 Å². The van der Waals surface area contributed by atoms with E-state index in [-0.39, 0.29) is 0 Å². The molecule has 1 aromatic heterocycles. The van der Waals surface area contributed by atoms with Crippen LogP contribution in [0.3, 0.4) is 0 Å². The largest absolute Gasteiger partial charge is 0.330 e. The number of hydrogen-bond donors (Lipinski definition) is 1. The summed E-state index contributed by atoms with van der Waals surface area (Å²) in [6.07, 6.45) is 2.60. The Morgan fingerprint density at radius 2 is 2.25 bits per heavy atom. The third kappa shape index (κ3) is 2.23. The number of aryl methyl sites for hydroxylation is 1. The SMILES string of the molecule is Cc1ccc(-n2cc(CCN)nn2)cc1Cl. The van der Waals surface area contributed by atoms with Crippen molar-refractivity contribution in [2.24, 2.45) is 5.73 Å². The molecule has 0 saturated carbocycles. The average Bonchev–Trinajstić information content (AvgIpc) is 2.71. The Bertz CT molecular complexity index is 492. The molecule has 5 heteroatoms. The molecule has 0 bridgehead atoms. The fourth-order valence-electron chi connectivity index (χ4n) is 1.41. The van der Waals surface area contributed by atoms with Crippen molar-refractivity contribution < 1.29 is 0 Å². The highest BCUT2D eigenvalue weighted by atomic mass is 35.5. The van der Waals surface area contributed by atoms with Gasteiger partial charge in [0.1, 0.15) is 0 Å². The maximum absolute atomic E-state index is 6.05. The third-order valence-electron chi connectivity index (χ3n) is 2.36. The normalized spacial score (nSPS) is 10.7. The van der Waals surface area contributed by atoms with E-state index in [1.54, 1.807) is 4.68 Å². The van der Waals surface area contributed by atoms with Gasteiger partial charge in [0, 0.05) is 11.4 Å². The van der Waals surface area contributed by atoms with Crippen molar-refractivity contribution in [1.82, 2.24) is 15.0 Å². The van der Waals surface area contributed by atoms with E-state index in [9.17, 15) is 0 Å². The number of aromatic nitrogens is 3. The molecular weight excluding hydrogens is 224 g/mol. The average molecular weight is 237 g/mol. The van der Waals surface area contributed by atoms with Gasteiger partial charge in [0.25, 0.3) is 0 Å². The van der Waals surface area contributed by atoms with Crippen LogP contribution in [0.5, 0.6) is 0 Å². The second kappa shape index (κ2) is 4.63. The fourth-order valence-corrected chi connectivity index (χ4v) is 1.59. The van der Waals surface area contributed by atoms with Gasteiger partial charge in [-0.15, -0.1) is 5.10 Å². The standard InChI is InChI=1S/C11H13ClN4/c1-8-2-3-10(6-11(8)12)16-7-9(4-5-13)14-15-16/h2-3,6-7H,4-5,13H2,1H3. The summed E-state index contributed by atoms with van der Waals surface area (Å²) in [5.74, 6) is 0. The minimum atomic E-state index is 0.577. The van der Waals surface area contributed by atoms with Crippen LogP contribution in [0.25, 0.3) is 5.69 Å². The van der Waals surface area contributed by atoms with Crippen LogP contribution in [0.1, 0.15) is 11.3 Å². The summed E-state index contributed by atoms with van der Waals surface area (Å²) in [4.78, 5) is 0. The predicted molar refractivity (Wildman–Crippen MR) is 63.9 cm³/mol. The molecule has 0 amide bonds. The van der Waals surface area contributed by atoms with Gasteiger partial charge in [0.05, 0.1) is 17.6 Å². The molecule has 1 aromatic carbocycles. The van der Waals surface area contributed by atoms with E-state index >= 15 is 0 Å². The number of rotatable bonds is 3. The van der Waals surface area contributed by atoms with Crippen molar-refractivity contribution in [2.45, 2.75) is 13.3 Å². The van der Waals surface area contributed by atoms with Crippen LogP contribution >= 0.6 is 11.6 Å². The molecule has 0 atom stereocenters. The second-order valence-electron chi connectivity index (χ2n) is 3.63. The second-order valence-corrected chi connectivity index (χ2v) is 4.03. The molecule has 0 saturated heterocycles. The lowest BCUT2D eigenvalue weighted by Crippen LogP contribution is -2.02. The van der Waals surface area contributed by atoms with Gasteiger partial charge in [-0.05, 0) is 31.2 Å². The molecule has 0 spiro atoms. The number of nitrogens with zero attached hydrogens (tertiary/aromatic N) is 3. The zero-order valence-electron chi connectivity index (χ0n) is 9.02. The number of benzene rings is 1. The smallest absolute Gasteiger partial charge is 0.0844 e. The monoisotopic (exact) mass is 236 g/mol. The Morgan fingerprint density at radius 1 is 1.44 bits per heavy atom. The molecule has 4 nitrogen and oxygen atoms in total. The minimum absolute atomic E-state index is 0.577. The lowest BCUT2D eigenvalue weighted by molar-refractivity contribution is 0.794. The molecule has 2 aromatic rings. The summed E-state index contributed by atoms with van der Waals surface area (Å²) in [5, 5.41) is 8.78. The molecule has 84 valence electrons. The molecule has 0 aliphatic rings. The maximum atomic E-state index is 6.05. The number of hydrogen-bond acceptors (Lipinski definition) is 3. The van der Waals surface area contributed by atoms with Crippen LogP contribution in [-0.2, 0) is 6.42 Å². The molecule has 1 heterocycles. The highest BCUT2D eigenvalue weighted by Gasteiger charge is 2.03. The molecule has 0 fully saturated rings. The van der Waals surface area contributed by atoms with Gasteiger partial charge in [-0.25, -0.2) is 4.68 Å². The lowest BCUT2D eigenvalue weighted by atomic mass is 10.2. The van der Waals surface area contributed by atoms with Crippen LogP contribution in [0.2, 0.25) is 5.02 Å². The van der Waals surface area contributed by atoms with Crippen LogP contribution in [0, 0.1) is 6.92 Å². The van der Waals surface area contributed by atoms with E-state index in [1.807, 2.05) is 31.3 Å². The van der Waals surface area contributed by atoms with Crippen molar-refractivity contribution in [2.75, 3.05) is 6.54 Å². The minimum Gasteiger partial charge on any atom is -0.330 e. The molecular formula is C11H13ClN4. The van der Waals surface area contributed by atoms with Crippen LogP contribution in [0.15, 0.2) is 24.4 Å². The molecule has 0 aliphatic heterocycles. The molecule has 0 aliphatic carbocycles. The topological polar surface area (TPSA) is 56.7 Å². The van der Waals surface area contributed by atoms with Gasteiger partial charge in [-0.2, -0.15) is 0 Å². The van der Waals surface area contributed by atoms with Gasteiger partial charge in [-0.1, -0.05) is 22.9 Å². The zero-order chi connectivity index (χ0) is 11.5. The molecule has 16 heavy (non-hydrogen) atoms. The zero-order valence-corrected chi connectivity index (χ0v) is 9.78. The first-order valence-electron chi connectivity index (χ1n) is 5.08. The van der Waals surface area contributed by atoms with Crippen molar-refractivity contribution >= 4 is 11.6 Å². The lowest BCUT2D eigenvalue weighted by Gasteiger charge is -2.02. The first-order chi connectivity index (χ1) is 7.70. The van der Waals surface area contributed by atoms with Gasteiger partial charge >= 0.3 is 0 Å². The summed E-state index contributed by atoms with van der Waals surface area (Å²) < 4.78 is 1.70. The van der Waals surface area contributed by atoms with E-state index in [2.05, 4.69) is 10.3 Å². The van der Waals surface area contributed by atoms with E-state index in [0.717, 1.165) is 28.4 Å². The highest BCUT2D eigenvalue weighted by Crippen LogP contribution is 2.18. The van der Waals surface area contributed by atoms with Crippen LogP contribution in [-0.4, -0.2) is 21.5 Å². The molecule has 0 radical (unpaired) electrons. The predicted octanol–water partition coefficient (Wildman–Crippen LogP) is 1.73. The first kappa shape index (κ1) is 11.1. The van der Waals surface area contributed by atoms with Crippen molar-refractivity contribution in [1.29, 1.82) is 0 Å². The van der Waals surface area contributed by atoms with Crippen molar-refractivity contribution in [3.8, 4) is 5.69 Å². The van der Waals surface area contributed by atoms with Crippen molar-refractivity contribution in [3.05, 3.63) is 40.7 Å². The maximum Gasteiger partial charge on any atom is 0.0844 e. The third-order valence-corrected chi connectivity index (χ3v) is 2.77. The van der Waals surface area contributed by atoms with Crippen LogP contribution in [0.4, 0.5) is 0 Å². The summed E-state index contributed by atoms with van der Waals surface area (Å²) in [6, 6.07) is 5.79. The van der Waals surface area contributed by atoms with E-state index in [4.69, 9.17) is 17.3 Å². The van der Waals surface area contributed by atoms with Gasteiger partial charge in [0.15, 0.2) is 0 Å². The Kier molecular flexibility index (Phi) is 3.22. The summed E-state index contributed by atoms with van der Waals surface area (Å²) in [5.41, 5.74) is 8.30. The number of nitrogens with two attached hydrogens (primary N) is 1. The molecule has 0 unspecified atom stereocenters.